The first-order valence-electron chi connectivity index (χ1n) is 7.71. The molecule has 106 valence electrons. The second-order valence-electron chi connectivity index (χ2n) is 5.66. The van der Waals surface area contributed by atoms with Crippen molar-refractivity contribution >= 4 is 5.91 Å². The molecule has 1 unspecified atom stereocenters. The van der Waals surface area contributed by atoms with E-state index in [9.17, 15) is 4.79 Å². The molecule has 1 fully saturated rings. The first kappa shape index (κ1) is 15.5. The lowest BCUT2D eigenvalue weighted by Crippen LogP contribution is -2.47. The Balaban J connectivity index is 2.23. The summed E-state index contributed by atoms with van der Waals surface area (Å²) in [7, 11) is 0. The zero-order chi connectivity index (χ0) is 13.4. The lowest BCUT2D eigenvalue weighted by atomic mass is 9.95. The van der Waals surface area contributed by atoms with Gasteiger partial charge in [-0.25, -0.2) is 0 Å². The Morgan fingerprint density at radius 3 is 2.33 bits per heavy atom. The summed E-state index contributed by atoms with van der Waals surface area (Å²) in [5, 5.41) is 6.54. The molecule has 3 heteroatoms. The summed E-state index contributed by atoms with van der Waals surface area (Å²) in [5.74, 6) is 0.864. The fourth-order valence-corrected chi connectivity index (χ4v) is 2.59. The molecule has 0 aromatic carbocycles. The normalized spacial score (nSPS) is 18.9. The zero-order valence-electron chi connectivity index (χ0n) is 12.3. The van der Waals surface area contributed by atoms with Crippen LogP contribution >= 0.6 is 0 Å². The molecular weight excluding hydrogens is 224 g/mol. The topological polar surface area (TPSA) is 41.1 Å². The van der Waals surface area contributed by atoms with E-state index in [2.05, 4.69) is 24.5 Å². The molecule has 0 spiro atoms. The second-order valence-corrected chi connectivity index (χ2v) is 5.66. The van der Waals surface area contributed by atoms with Gasteiger partial charge in [-0.05, 0) is 32.2 Å². The van der Waals surface area contributed by atoms with Gasteiger partial charge in [0.2, 0.25) is 5.91 Å². The molecule has 0 saturated heterocycles. The van der Waals surface area contributed by atoms with Gasteiger partial charge in [-0.2, -0.15) is 0 Å². The maximum Gasteiger partial charge on any atom is 0.237 e. The van der Waals surface area contributed by atoms with E-state index in [0.29, 0.717) is 12.0 Å². The van der Waals surface area contributed by atoms with Crippen LogP contribution in [0.2, 0.25) is 0 Å². The summed E-state index contributed by atoms with van der Waals surface area (Å²) in [4.78, 5) is 12.0. The van der Waals surface area contributed by atoms with E-state index >= 15 is 0 Å². The lowest BCUT2D eigenvalue weighted by Gasteiger charge is -2.25. The van der Waals surface area contributed by atoms with Gasteiger partial charge in [0, 0.05) is 6.04 Å². The molecular formula is C15H30N2O. The number of hydrogen-bond donors (Lipinski definition) is 2. The van der Waals surface area contributed by atoms with Crippen molar-refractivity contribution < 1.29 is 4.79 Å². The highest BCUT2D eigenvalue weighted by Crippen LogP contribution is 2.17. The Kier molecular flexibility index (Phi) is 7.33. The number of carbonyl (C=O) groups excluding carboxylic acids is 1. The maximum absolute atomic E-state index is 12.0. The summed E-state index contributed by atoms with van der Waals surface area (Å²) in [5.41, 5.74) is 0. The van der Waals surface area contributed by atoms with Crippen LogP contribution in [-0.4, -0.2) is 24.5 Å². The van der Waals surface area contributed by atoms with Crippen LogP contribution in [0.15, 0.2) is 0 Å². The Morgan fingerprint density at radius 1 is 1.17 bits per heavy atom. The average Bonchev–Trinajstić information content (AvgIpc) is 2.40. The zero-order valence-corrected chi connectivity index (χ0v) is 12.3. The van der Waals surface area contributed by atoms with E-state index in [-0.39, 0.29) is 11.9 Å². The molecule has 18 heavy (non-hydrogen) atoms. The Labute approximate surface area is 112 Å². The van der Waals surface area contributed by atoms with Gasteiger partial charge in [-0.1, -0.05) is 46.0 Å². The van der Waals surface area contributed by atoms with E-state index < -0.39 is 0 Å². The van der Waals surface area contributed by atoms with Gasteiger partial charge in [-0.15, -0.1) is 0 Å². The molecule has 1 aliphatic carbocycles. The fourth-order valence-electron chi connectivity index (χ4n) is 2.59. The summed E-state index contributed by atoms with van der Waals surface area (Å²) in [6, 6.07) is 0.358. The number of hydrogen-bond acceptors (Lipinski definition) is 2. The van der Waals surface area contributed by atoms with Crippen molar-refractivity contribution in [2.75, 3.05) is 6.54 Å². The molecule has 0 heterocycles. The van der Waals surface area contributed by atoms with Crippen molar-refractivity contribution in [3.63, 3.8) is 0 Å². The third-order valence-corrected chi connectivity index (χ3v) is 4.21. The Bertz CT molecular complexity index is 233. The molecule has 0 aliphatic heterocycles. The quantitative estimate of drug-likeness (QED) is 0.733. The van der Waals surface area contributed by atoms with Crippen LogP contribution in [-0.2, 0) is 4.79 Å². The smallest absolute Gasteiger partial charge is 0.237 e. The maximum atomic E-state index is 12.0. The van der Waals surface area contributed by atoms with Gasteiger partial charge in [0.1, 0.15) is 0 Å². The van der Waals surface area contributed by atoms with Crippen LogP contribution in [0.1, 0.15) is 65.7 Å². The van der Waals surface area contributed by atoms with E-state index in [1.165, 1.54) is 32.1 Å². The van der Waals surface area contributed by atoms with Crippen LogP contribution in [0, 0.1) is 5.92 Å². The van der Waals surface area contributed by atoms with E-state index in [4.69, 9.17) is 0 Å². The van der Waals surface area contributed by atoms with E-state index in [1.807, 2.05) is 6.92 Å². The number of carbonyl (C=O) groups is 1. The van der Waals surface area contributed by atoms with Crippen molar-refractivity contribution in [1.29, 1.82) is 0 Å². The van der Waals surface area contributed by atoms with Crippen molar-refractivity contribution in [2.45, 2.75) is 77.8 Å². The van der Waals surface area contributed by atoms with Gasteiger partial charge >= 0.3 is 0 Å². The summed E-state index contributed by atoms with van der Waals surface area (Å²) in [6.45, 7) is 7.35. The van der Waals surface area contributed by atoms with E-state index in [1.54, 1.807) is 0 Å². The van der Waals surface area contributed by atoms with Crippen molar-refractivity contribution in [3.8, 4) is 0 Å². The SMILES string of the molecule is CCC(CC)CNC(C)C(=O)NC1CCCCC1. The van der Waals surface area contributed by atoms with Gasteiger partial charge in [0.15, 0.2) is 0 Å². The summed E-state index contributed by atoms with van der Waals surface area (Å²) >= 11 is 0. The molecule has 1 aliphatic rings. The molecule has 0 aromatic heterocycles. The first-order valence-corrected chi connectivity index (χ1v) is 7.71. The standard InChI is InChI=1S/C15H30N2O/c1-4-13(5-2)11-16-12(3)15(18)17-14-9-7-6-8-10-14/h12-14,16H,4-11H2,1-3H3,(H,17,18). The molecule has 0 aromatic rings. The molecule has 1 atom stereocenters. The molecule has 1 rings (SSSR count). The lowest BCUT2D eigenvalue weighted by molar-refractivity contribution is -0.123. The van der Waals surface area contributed by atoms with Crippen LogP contribution in [0.5, 0.6) is 0 Å². The third kappa shape index (κ3) is 5.38. The molecule has 1 amide bonds. The number of nitrogens with one attached hydrogen (secondary N) is 2. The fraction of sp³-hybridized carbons (Fsp3) is 0.933. The van der Waals surface area contributed by atoms with Crippen LogP contribution < -0.4 is 10.6 Å². The largest absolute Gasteiger partial charge is 0.352 e. The molecule has 2 N–H and O–H groups in total. The van der Waals surface area contributed by atoms with Gasteiger partial charge in [0.05, 0.1) is 6.04 Å². The Morgan fingerprint density at radius 2 is 1.78 bits per heavy atom. The minimum atomic E-state index is -0.0625. The highest BCUT2D eigenvalue weighted by atomic mass is 16.2. The predicted octanol–water partition coefficient (Wildman–Crippen LogP) is 2.85. The van der Waals surface area contributed by atoms with Crippen LogP contribution in [0.25, 0.3) is 0 Å². The highest BCUT2D eigenvalue weighted by molar-refractivity contribution is 5.81. The monoisotopic (exact) mass is 254 g/mol. The van der Waals surface area contributed by atoms with Gasteiger partial charge < -0.3 is 10.6 Å². The average molecular weight is 254 g/mol. The molecule has 0 radical (unpaired) electrons. The van der Waals surface area contributed by atoms with E-state index in [0.717, 1.165) is 19.4 Å². The van der Waals surface area contributed by atoms with Crippen molar-refractivity contribution in [1.82, 2.24) is 10.6 Å². The van der Waals surface area contributed by atoms with Crippen molar-refractivity contribution in [3.05, 3.63) is 0 Å². The van der Waals surface area contributed by atoms with Crippen molar-refractivity contribution in [2.24, 2.45) is 5.92 Å². The molecule has 0 bridgehead atoms. The van der Waals surface area contributed by atoms with Crippen LogP contribution in [0.4, 0.5) is 0 Å². The molecule has 3 nitrogen and oxygen atoms in total. The second kappa shape index (κ2) is 8.52. The number of amides is 1. The highest BCUT2D eigenvalue weighted by Gasteiger charge is 2.19. The van der Waals surface area contributed by atoms with Gasteiger partial charge in [0.25, 0.3) is 0 Å². The summed E-state index contributed by atoms with van der Waals surface area (Å²) in [6.07, 6.45) is 8.53. The summed E-state index contributed by atoms with van der Waals surface area (Å²) < 4.78 is 0. The third-order valence-electron chi connectivity index (χ3n) is 4.21. The number of rotatable bonds is 7. The Hall–Kier alpha value is -0.570. The van der Waals surface area contributed by atoms with Gasteiger partial charge in [-0.3, -0.25) is 4.79 Å². The van der Waals surface area contributed by atoms with Crippen LogP contribution in [0.3, 0.4) is 0 Å². The predicted molar refractivity (Wildman–Crippen MR) is 76.6 cm³/mol. The first-order chi connectivity index (χ1) is 8.67. The molecule has 1 saturated carbocycles. The minimum absolute atomic E-state index is 0.0625. The minimum Gasteiger partial charge on any atom is -0.352 e.